The quantitative estimate of drug-likeness (QED) is 0.143. The molecule has 314 valence electrons. The summed E-state index contributed by atoms with van der Waals surface area (Å²) in [6.45, 7) is 6.24. The van der Waals surface area contributed by atoms with Crippen LogP contribution in [0.5, 0.6) is 0 Å². The van der Waals surface area contributed by atoms with Gasteiger partial charge in [-0.05, 0) is 146 Å². The Morgan fingerprint density at radius 3 is 1.69 bits per heavy atom. The normalized spacial score (nSPS) is 12.7. The van der Waals surface area contributed by atoms with E-state index in [4.69, 9.17) is 9.97 Å². The first-order valence-electron chi connectivity index (χ1n) is 23.0. The van der Waals surface area contributed by atoms with Gasteiger partial charge in [-0.25, -0.2) is 9.97 Å². The fourth-order valence-corrected chi connectivity index (χ4v) is 9.34. The molecule has 3 nitrogen and oxygen atoms in total. The minimum atomic E-state index is 0.816. The lowest BCUT2D eigenvalue weighted by Crippen LogP contribution is -2.13. The summed E-state index contributed by atoms with van der Waals surface area (Å²) in [5.41, 5.74) is 11.6. The van der Waals surface area contributed by atoms with E-state index in [-0.39, 0.29) is 0 Å². The summed E-state index contributed by atoms with van der Waals surface area (Å²) in [6.07, 6.45) is 16.6. The van der Waals surface area contributed by atoms with Crippen molar-refractivity contribution < 1.29 is 0 Å². The summed E-state index contributed by atoms with van der Waals surface area (Å²) in [7, 11) is 0. The highest BCUT2D eigenvalue weighted by Crippen LogP contribution is 2.45. The van der Waals surface area contributed by atoms with Crippen LogP contribution in [0.2, 0.25) is 0 Å². The lowest BCUT2D eigenvalue weighted by molar-refractivity contribution is 1.12. The molecule has 8 aromatic carbocycles. The first-order valence-corrected chi connectivity index (χ1v) is 23.0. The minimum absolute atomic E-state index is 0.816. The van der Waals surface area contributed by atoms with Gasteiger partial charge in [0.25, 0.3) is 0 Å². The number of allylic oxidation sites excluding steroid dienone is 8. The second kappa shape index (κ2) is 18.5. The van der Waals surface area contributed by atoms with Crippen molar-refractivity contribution in [2.75, 3.05) is 4.90 Å². The van der Waals surface area contributed by atoms with Gasteiger partial charge in [-0.15, -0.1) is 0 Å². The van der Waals surface area contributed by atoms with Gasteiger partial charge in [0, 0.05) is 16.5 Å². The number of benzene rings is 8. The molecule has 0 amide bonds. The van der Waals surface area contributed by atoms with Crippen molar-refractivity contribution in [3.63, 3.8) is 0 Å². The molecule has 0 fully saturated rings. The Morgan fingerprint density at radius 2 is 1.03 bits per heavy atom. The van der Waals surface area contributed by atoms with E-state index in [1.54, 1.807) is 0 Å². The van der Waals surface area contributed by atoms with E-state index in [9.17, 15) is 0 Å². The number of hydrogen-bond acceptors (Lipinski definition) is 3. The number of hydrogen-bond donors (Lipinski definition) is 0. The van der Waals surface area contributed by atoms with E-state index in [0.717, 1.165) is 69.5 Å². The molecule has 0 saturated heterocycles. The zero-order valence-corrected chi connectivity index (χ0v) is 37.2. The van der Waals surface area contributed by atoms with Crippen LogP contribution in [0.25, 0.3) is 82.0 Å². The minimum Gasteiger partial charge on any atom is -0.279 e. The molecule has 2 aromatic heterocycles. The molecule has 0 radical (unpaired) electrons. The Morgan fingerprint density at radius 1 is 0.492 bits per heavy atom. The van der Waals surface area contributed by atoms with Crippen molar-refractivity contribution in [1.29, 1.82) is 0 Å². The first-order chi connectivity index (χ1) is 32.2. The van der Waals surface area contributed by atoms with Crippen molar-refractivity contribution in [2.24, 2.45) is 0 Å². The SMILES string of the molecule is CC.CC/C=C(\C=C1CC=CC=CC1)c1c2ccccc2c(-c2ccc3ccccc3c2)c2cc(-c3ccc(N(c4ccc5ccccc5n4)c4ccc5ccccc5n4)cc3)ccc12. The van der Waals surface area contributed by atoms with Crippen LogP contribution in [0, 0.1) is 0 Å². The fourth-order valence-electron chi connectivity index (χ4n) is 9.34. The highest BCUT2D eigenvalue weighted by Gasteiger charge is 2.20. The second-order valence-electron chi connectivity index (χ2n) is 16.4. The molecule has 3 heteroatoms. The van der Waals surface area contributed by atoms with Crippen molar-refractivity contribution >= 4 is 77.0 Å². The zero-order chi connectivity index (χ0) is 44.1. The predicted octanol–water partition coefficient (Wildman–Crippen LogP) is 17.7. The number of nitrogens with zero attached hydrogens (tertiary/aromatic N) is 3. The molecule has 0 saturated carbocycles. The van der Waals surface area contributed by atoms with Gasteiger partial charge in [0.1, 0.15) is 11.6 Å². The third-order valence-electron chi connectivity index (χ3n) is 12.4. The van der Waals surface area contributed by atoms with Gasteiger partial charge in [0.15, 0.2) is 0 Å². The van der Waals surface area contributed by atoms with E-state index in [1.165, 1.54) is 60.2 Å². The summed E-state index contributed by atoms with van der Waals surface area (Å²) in [5.74, 6) is 1.63. The molecule has 1 aliphatic carbocycles. The Balaban J connectivity index is 0.00000246. The predicted molar refractivity (Wildman–Crippen MR) is 280 cm³/mol. The van der Waals surface area contributed by atoms with Gasteiger partial charge in [-0.3, -0.25) is 4.90 Å². The first kappa shape index (κ1) is 41.1. The number of rotatable bonds is 8. The van der Waals surface area contributed by atoms with Crippen LogP contribution in [-0.4, -0.2) is 9.97 Å². The number of anilines is 3. The van der Waals surface area contributed by atoms with Crippen LogP contribution >= 0.6 is 0 Å². The topological polar surface area (TPSA) is 29.0 Å². The Labute approximate surface area is 382 Å². The van der Waals surface area contributed by atoms with Gasteiger partial charge >= 0.3 is 0 Å². The zero-order valence-electron chi connectivity index (χ0n) is 37.2. The average Bonchev–Trinajstić information content (AvgIpc) is 3.65. The molecule has 0 bridgehead atoms. The Bertz CT molecular complexity index is 3400. The number of para-hydroxylation sites is 2. The van der Waals surface area contributed by atoms with Gasteiger partial charge in [-0.1, -0.05) is 184 Å². The maximum atomic E-state index is 5.15. The smallest absolute Gasteiger partial charge is 0.139 e. The summed E-state index contributed by atoms with van der Waals surface area (Å²) in [4.78, 5) is 12.5. The summed E-state index contributed by atoms with van der Waals surface area (Å²) < 4.78 is 0. The van der Waals surface area contributed by atoms with E-state index >= 15 is 0 Å². The molecule has 11 rings (SSSR count). The molecular weight excluding hydrogens is 787 g/mol. The highest BCUT2D eigenvalue weighted by molar-refractivity contribution is 6.20. The number of pyridine rings is 2. The lowest BCUT2D eigenvalue weighted by Gasteiger charge is -2.24. The van der Waals surface area contributed by atoms with Crippen molar-refractivity contribution in [3.8, 4) is 22.3 Å². The van der Waals surface area contributed by atoms with Crippen LogP contribution in [0.3, 0.4) is 0 Å². The maximum absolute atomic E-state index is 5.15. The molecule has 10 aromatic rings. The Hall–Kier alpha value is -7.88. The molecule has 0 atom stereocenters. The van der Waals surface area contributed by atoms with Gasteiger partial charge in [-0.2, -0.15) is 0 Å². The monoisotopic (exact) mass is 837 g/mol. The molecule has 0 unspecified atom stereocenters. The van der Waals surface area contributed by atoms with Crippen molar-refractivity contribution in [1.82, 2.24) is 9.97 Å². The maximum Gasteiger partial charge on any atom is 0.139 e. The van der Waals surface area contributed by atoms with E-state index in [2.05, 4.69) is 218 Å². The third kappa shape index (κ3) is 8.14. The van der Waals surface area contributed by atoms with Crippen LogP contribution < -0.4 is 4.90 Å². The second-order valence-corrected chi connectivity index (χ2v) is 16.4. The van der Waals surface area contributed by atoms with Crippen LogP contribution in [-0.2, 0) is 0 Å². The number of fused-ring (bicyclic) bond motifs is 5. The Kier molecular flexibility index (Phi) is 11.7. The van der Waals surface area contributed by atoms with E-state index in [0.29, 0.717) is 0 Å². The lowest BCUT2D eigenvalue weighted by atomic mass is 9.83. The largest absolute Gasteiger partial charge is 0.279 e. The molecular formula is C62H51N3. The molecule has 0 N–H and O–H groups in total. The summed E-state index contributed by atoms with van der Waals surface area (Å²) in [6, 6.07) is 65.6. The molecule has 65 heavy (non-hydrogen) atoms. The van der Waals surface area contributed by atoms with Crippen molar-refractivity contribution in [3.05, 3.63) is 230 Å². The van der Waals surface area contributed by atoms with E-state index in [1.807, 2.05) is 26.0 Å². The molecule has 2 heterocycles. The van der Waals surface area contributed by atoms with E-state index < -0.39 is 0 Å². The van der Waals surface area contributed by atoms with Gasteiger partial charge in [0.05, 0.1) is 11.0 Å². The third-order valence-corrected chi connectivity index (χ3v) is 12.4. The summed E-state index contributed by atoms with van der Waals surface area (Å²) in [5, 5.41) is 9.70. The average molecular weight is 838 g/mol. The van der Waals surface area contributed by atoms with Crippen LogP contribution in [0.4, 0.5) is 17.3 Å². The standard InChI is InChI=1S/C60H45N3.C2H6/c1-2-15-48(38-41-16-5-3-4-6-17-41)59-51-22-11-12-23-52(51)60(49-27-26-42-18-7-8-21-46(42)39-49)54-40-47(30-35-53(54)59)43-28-33-50(34-29-43)63(57-36-31-44-19-9-13-24-55(44)61-57)58-37-32-45-20-10-14-25-56(45)62-58;1-2/h3-15,18-40H,2,16-17H2,1H3;1-2H3/b48-15+;. The fraction of sp³-hybridized carbons (Fsp3) is 0.0968. The molecule has 1 aliphatic rings. The molecule has 0 aliphatic heterocycles. The number of aromatic nitrogens is 2. The molecule has 0 spiro atoms. The summed E-state index contributed by atoms with van der Waals surface area (Å²) >= 11 is 0. The van der Waals surface area contributed by atoms with Crippen LogP contribution in [0.15, 0.2) is 224 Å². The van der Waals surface area contributed by atoms with Gasteiger partial charge < -0.3 is 0 Å². The van der Waals surface area contributed by atoms with Crippen molar-refractivity contribution in [2.45, 2.75) is 40.0 Å². The van der Waals surface area contributed by atoms with Crippen LogP contribution in [0.1, 0.15) is 45.6 Å². The van der Waals surface area contributed by atoms with Gasteiger partial charge in [0.2, 0.25) is 0 Å². The highest BCUT2D eigenvalue weighted by atomic mass is 15.2.